The Labute approximate surface area is 100 Å². The van der Waals surface area contributed by atoms with Crippen molar-refractivity contribution in [3.8, 4) is 0 Å². The second-order valence-corrected chi connectivity index (χ2v) is 24.3. The summed E-state index contributed by atoms with van der Waals surface area (Å²) in [5.74, 6) is 0. The summed E-state index contributed by atoms with van der Waals surface area (Å²) in [7, 11) is 0. The molecule has 0 unspecified atom stereocenters. The molecule has 3 fully saturated rings. The summed E-state index contributed by atoms with van der Waals surface area (Å²) < 4.78 is 1.64. The van der Waals surface area contributed by atoms with Gasteiger partial charge in [0.15, 0.2) is 0 Å². The molecule has 3 rings (SSSR count). The van der Waals surface area contributed by atoms with Gasteiger partial charge in [0.25, 0.3) is 0 Å². The molecule has 0 aromatic heterocycles. The van der Waals surface area contributed by atoms with Crippen molar-refractivity contribution in [1.29, 1.82) is 0 Å². The van der Waals surface area contributed by atoms with Crippen molar-refractivity contribution >= 4 is 41.0 Å². The van der Waals surface area contributed by atoms with Crippen LogP contribution in [0.4, 0.5) is 0 Å². The van der Waals surface area contributed by atoms with Gasteiger partial charge in [-0.2, -0.15) is 0 Å². The fourth-order valence-electron chi connectivity index (χ4n) is 3.26. The molecule has 0 nitrogen and oxygen atoms in total. The van der Waals surface area contributed by atoms with Crippen LogP contribution >= 0.6 is 22.6 Å². The van der Waals surface area contributed by atoms with Gasteiger partial charge in [0.1, 0.15) is 0 Å². The van der Waals surface area contributed by atoms with Gasteiger partial charge >= 0.3 is 101 Å². The number of hydrogen-bond acceptors (Lipinski definition) is 0. The first-order valence-corrected chi connectivity index (χ1v) is 16.6. The zero-order chi connectivity index (χ0) is 9.74. The molecular weight excluding hydrogens is 378 g/mol. The van der Waals surface area contributed by atoms with Crippen molar-refractivity contribution in [1.82, 2.24) is 0 Å². The molecule has 3 saturated carbocycles. The first-order chi connectivity index (χ1) is 5.87. The van der Waals surface area contributed by atoms with E-state index in [1.807, 2.05) is 0 Å². The summed E-state index contributed by atoms with van der Waals surface area (Å²) >= 11 is 1.11. The number of hydrogen-bond donors (Lipinski definition) is 0. The maximum absolute atomic E-state index is 2.75. The topological polar surface area (TPSA) is 0 Å². The van der Waals surface area contributed by atoms with E-state index in [-0.39, 0.29) is 0 Å². The molecule has 2 heteroatoms. The van der Waals surface area contributed by atoms with Gasteiger partial charge < -0.3 is 0 Å². The molecule has 76 valence electrons. The van der Waals surface area contributed by atoms with E-state index in [4.69, 9.17) is 0 Å². The van der Waals surface area contributed by atoms with Crippen molar-refractivity contribution in [2.75, 3.05) is 0 Å². The van der Waals surface area contributed by atoms with Gasteiger partial charge in [-0.15, -0.1) is 0 Å². The van der Waals surface area contributed by atoms with E-state index < -0.39 is 18.4 Å². The van der Waals surface area contributed by atoms with Gasteiger partial charge in [0.2, 0.25) is 0 Å². The van der Waals surface area contributed by atoms with Crippen LogP contribution in [-0.4, -0.2) is 21.8 Å². The van der Waals surface area contributed by atoms with Crippen LogP contribution in [0.1, 0.15) is 38.5 Å². The van der Waals surface area contributed by atoms with Gasteiger partial charge in [-0.25, -0.2) is 0 Å². The number of alkyl halides is 1. The summed E-state index contributed by atoms with van der Waals surface area (Å²) in [6.45, 7) is 0. The van der Waals surface area contributed by atoms with E-state index in [1.165, 1.54) is 19.3 Å². The average Bonchev–Trinajstić information content (AvgIpc) is 2.04. The summed E-state index contributed by atoms with van der Waals surface area (Å²) in [6.07, 6.45) is 9.33. The minimum absolute atomic E-state index is 0.733. The van der Waals surface area contributed by atoms with Gasteiger partial charge in [-0.1, -0.05) is 0 Å². The molecule has 2 bridgehead atoms. The summed E-state index contributed by atoms with van der Waals surface area (Å²) in [4.78, 5) is 7.96. The van der Waals surface area contributed by atoms with Crippen molar-refractivity contribution in [2.24, 2.45) is 0 Å². The van der Waals surface area contributed by atoms with Crippen LogP contribution in [0.5, 0.6) is 0 Å². The third kappa shape index (κ3) is 1.81. The van der Waals surface area contributed by atoms with Gasteiger partial charge in [-0.3, -0.25) is 0 Å². The summed E-state index contributed by atoms with van der Waals surface area (Å²) in [6, 6.07) is 0. The molecule has 0 radical (unpaired) electrons. The second kappa shape index (κ2) is 3.26. The predicted octanol–water partition coefficient (Wildman–Crippen LogP) is 4.61. The molecule has 0 heterocycles. The third-order valence-corrected chi connectivity index (χ3v) is 17.6. The molecule has 0 atom stereocenters. The van der Waals surface area contributed by atoms with Crippen LogP contribution in [0, 0.1) is 0 Å². The fourth-order valence-corrected chi connectivity index (χ4v) is 11.6. The Morgan fingerprint density at radius 2 is 1.23 bits per heavy atom. The SMILES string of the molecule is [CH3][Sn]([CH3])([CH3])[C]12CCC(I)(CC1)CC2. The van der Waals surface area contributed by atoms with Gasteiger partial charge in [0, 0.05) is 0 Å². The molecule has 0 aliphatic heterocycles. The molecule has 0 spiro atoms. The number of halogens is 1. The molecule has 3 aliphatic carbocycles. The molecule has 0 aromatic rings. The zero-order valence-corrected chi connectivity index (χ0v) is 14.1. The van der Waals surface area contributed by atoms with Crippen molar-refractivity contribution in [3.63, 3.8) is 0 Å². The Hall–Kier alpha value is 1.53. The number of rotatable bonds is 1. The van der Waals surface area contributed by atoms with Crippen molar-refractivity contribution < 1.29 is 0 Å². The standard InChI is InChI=1S/C8H12I.3CH3.Sn/c9-8-4-1-7(2-5-8)3-6-8;;;;/h1-6H2;3*1H3;. The van der Waals surface area contributed by atoms with E-state index >= 15 is 0 Å². The van der Waals surface area contributed by atoms with E-state index in [0.29, 0.717) is 0 Å². The minimum atomic E-state index is -1.64. The Bertz CT molecular complexity index is 192. The fraction of sp³-hybridized carbons (Fsp3) is 1.00. The van der Waals surface area contributed by atoms with Crippen LogP contribution in [-0.2, 0) is 0 Å². The first-order valence-electron chi connectivity index (χ1n) is 5.56. The maximum atomic E-state index is 2.75. The van der Waals surface area contributed by atoms with E-state index in [2.05, 4.69) is 37.4 Å². The van der Waals surface area contributed by atoms with Crippen LogP contribution in [0.15, 0.2) is 0 Å². The Balaban J connectivity index is 2.20. The molecule has 13 heavy (non-hydrogen) atoms. The van der Waals surface area contributed by atoms with Crippen LogP contribution in [0.2, 0.25) is 18.2 Å². The molecule has 0 saturated heterocycles. The van der Waals surface area contributed by atoms with E-state index in [1.54, 1.807) is 19.3 Å². The van der Waals surface area contributed by atoms with Crippen LogP contribution < -0.4 is 0 Å². The predicted molar refractivity (Wildman–Crippen MR) is 70.5 cm³/mol. The summed E-state index contributed by atoms with van der Waals surface area (Å²) in [5, 5.41) is 0. The normalized spacial score (nSPS) is 45.2. The van der Waals surface area contributed by atoms with Gasteiger partial charge in [-0.05, 0) is 0 Å². The molecule has 0 N–H and O–H groups in total. The summed E-state index contributed by atoms with van der Waals surface area (Å²) in [5.41, 5.74) is 0. The molecule has 0 amide bonds. The Kier molecular flexibility index (Phi) is 2.76. The van der Waals surface area contributed by atoms with Crippen molar-refractivity contribution in [3.05, 3.63) is 0 Å². The van der Waals surface area contributed by atoms with Gasteiger partial charge in [0.05, 0.1) is 0 Å². The van der Waals surface area contributed by atoms with Crippen molar-refractivity contribution in [2.45, 2.75) is 60.2 Å². The van der Waals surface area contributed by atoms with E-state index in [9.17, 15) is 0 Å². The first kappa shape index (κ1) is 11.0. The second-order valence-electron chi connectivity index (χ2n) is 6.18. The third-order valence-electron chi connectivity index (χ3n) is 4.75. The Morgan fingerprint density at radius 3 is 1.54 bits per heavy atom. The molecule has 3 aliphatic rings. The molecule has 0 aromatic carbocycles. The average molecular weight is 399 g/mol. The Morgan fingerprint density at radius 1 is 0.846 bits per heavy atom. The van der Waals surface area contributed by atoms with E-state index in [0.717, 1.165) is 6.85 Å². The van der Waals surface area contributed by atoms with Crippen LogP contribution in [0.25, 0.3) is 0 Å². The molecular formula is C11H21ISn. The van der Waals surface area contributed by atoms with Crippen LogP contribution in [0.3, 0.4) is 0 Å². The zero-order valence-electron chi connectivity index (χ0n) is 9.12. The number of fused-ring (bicyclic) bond motifs is 3. The monoisotopic (exact) mass is 400 g/mol. The quantitative estimate of drug-likeness (QED) is 0.344.